The van der Waals surface area contributed by atoms with Gasteiger partial charge in [0.25, 0.3) is 0 Å². The summed E-state index contributed by atoms with van der Waals surface area (Å²) in [7, 11) is -3.38. The quantitative estimate of drug-likeness (QED) is 0.728. The smallest absolute Gasteiger partial charge is 0.233 e. The maximum atomic E-state index is 12.3. The summed E-state index contributed by atoms with van der Waals surface area (Å²) in [4.78, 5) is 4.15. The van der Waals surface area contributed by atoms with E-state index in [0.717, 1.165) is 22.3 Å². The summed E-state index contributed by atoms with van der Waals surface area (Å²) in [6, 6.07) is 18.9. The topological polar surface area (TPSA) is 59.1 Å². The van der Waals surface area contributed by atoms with Gasteiger partial charge in [0.05, 0.1) is 5.75 Å². The van der Waals surface area contributed by atoms with Gasteiger partial charge < -0.3 is 0 Å². The van der Waals surface area contributed by atoms with Crippen LogP contribution in [0.25, 0.3) is 11.1 Å². The molecule has 0 saturated heterocycles. The van der Waals surface area contributed by atoms with Crippen LogP contribution in [0.15, 0.2) is 73.1 Å². The van der Waals surface area contributed by atoms with E-state index in [1.807, 2.05) is 61.7 Å². The van der Waals surface area contributed by atoms with Crippen molar-refractivity contribution in [2.24, 2.45) is 0 Å². The number of hydrogen-bond donors (Lipinski definition) is 1. The zero-order valence-electron chi connectivity index (χ0n) is 14.0. The van der Waals surface area contributed by atoms with Crippen LogP contribution >= 0.6 is 0 Å². The molecular formula is C20H20N2O2S. The highest BCUT2D eigenvalue weighted by Crippen LogP contribution is 2.24. The van der Waals surface area contributed by atoms with Crippen molar-refractivity contribution in [3.63, 3.8) is 0 Å². The van der Waals surface area contributed by atoms with Gasteiger partial charge in [0.1, 0.15) is 0 Å². The summed E-state index contributed by atoms with van der Waals surface area (Å²) in [6.07, 6.45) is 4.06. The molecule has 0 aliphatic rings. The summed E-state index contributed by atoms with van der Waals surface area (Å²) in [5, 5.41) is 0. The van der Waals surface area contributed by atoms with Crippen molar-refractivity contribution in [3.8, 4) is 11.1 Å². The Balaban J connectivity index is 1.67. The van der Waals surface area contributed by atoms with Gasteiger partial charge in [-0.15, -0.1) is 0 Å². The minimum atomic E-state index is -3.38. The van der Waals surface area contributed by atoms with Crippen LogP contribution in [0.1, 0.15) is 11.1 Å². The Bertz CT molecular complexity index is 937. The van der Waals surface area contributed by atoms with Crippen LogP contribution in [0.5, 0.6) is 0 Å². The van der Waals surface area contributed by atoms with Gasteiger partial charge in [0.15, 0.2) is 0 Å². The second kappa shape index (κ2) is 7.49. The standard InChI is InChI=1S/C20H20N2O2S/c1-16-11-13-21-15-20(16)18-7-9-19(10-8-18)22-25(23,24)14-12-17-5-3-2-4-6-17/h2-11,13,15,22H,12,14H2,1H3. The second-order valence-electron chi connectivity index (χ2n) is 5.92. The van der Waals surface area contributed by atoms with E-state index < -0.39 is 10.0 Å². The van der Waals surface area contributed by atoms with E-state index in [0.29, 0.717) is 12.1 Å². The van der Waals surface area contributed by atoms with E-state index in [-0.39, 0.29) is 5.75 Å². The minimum Gasteiger partial charge on any atom is -0.284 e. The maximum absolute atomic E-state index is 12.3. The molecule has 0 fully saturated rings. The Morgan fingerprint density at radius 1 is 0.960 bits per heavy atom. The summed E-state index contributed by atoms with van der Waals surface area (Å²) in [5.74, 6) is 0.0560. The lowest BCUT2D eigenvalue weighted by atomic mass is 10.0. The number of hydrogen-bond acceptors (Lipinski definition) is 3. The molecule has 1 heterocycles. The van der Waals surface area contributed by atoms with E-state index in [1.54, 1.807) is 18.3 Å². The number of anilines is 1. The first kappa shape index (κ1) is 17.2. The fraction of sp³-hybridized carbons (Fsp3) is 0.150. The highest BCUT2D eigenvalue weighted by atomic mass is 32.2. The van der Waals surface area contributed by atoms with Crippen LogP contribution in [-0.2, 0) is 16.4 Å². The Morgan fingerprint density at radius 2 is 1.68 bits per heavy atom. The monoisotopic (exact) mass is 352 g/mol. The molecule has 0 bridgehead atoms. The number of benzene rings is 2. The van der Waals surface area contributed by atoms with Gasteiger partial charge >= 0.3 is 0 Å². The van der Waals surface area contributed by atoms with Gasteiger partial charge in [-0.3, -0.25) is 9.71 Å². The molecule has 0 aliphatic carbocycles. The summed E-state index contributed by atoms with van der Waals surface area (Å²) in [5.41, 5.74) is 4.76. The van der Waals surface area contributed by atoms with Crippen molar-refractivity contribution in [1.29, 1.82) is 0 Å². The number of pyridine rings is 1. The largest absolute Gasteiger partial charge is 0.284 e. The highest BCUT2D eigenvalue weighted by Gasteiger charge is 2.11. The third kappa shape index (κ3) is 4.67. The average Bonchev–Trinajstić information content (AvgIpc) is 2.62. The Kier molecular flexibility index (Phi) is 5.14. The molecule has 0 atom stereocenters. The van der Waals surface area contributed by atoms with Gasteiger partial charge in [-0.25, -0.2) is 8.42 Å². The third-order valence-corrected chi connectivity index (χ3v) is 5.30. The molecular weight excluding hydrogens is 332 g/mol. The van der Waals surface area contributed by atoms with E-state index >= 15 is 0 Å². The van der Waals surface area contributed by atoms with Gasteiger partial charge in [-0.2, -0.15) is 0 Å². The number of nitrogens with one attached hydrogen (secondary N) is 1. The molecule has 3 rings (SSSR count). The van der Waals surface area contributed by atoms with Crippen LogP contribution in [0, 0.1) is 6.92 Å². The lowest BCUT2D eigenvalue weighted by Gasteiger charge is -2.10. The molecule has 25 heavy (non-hydrogen) atoms. The first-order valence-corrected chi connectivity index (χ1v) is 9.74. The van der Waals surface area contributed by atoms with Crippen LogP contribution in [0.4, 0.5) is 5.69 Å². The van der Waals surface area contributed by atoms with Gasteiger partial charge in [-0.05, 0) is 48.2 Å². The normalized spacial score (nSPS) is 11.2. The maximum Gasteiger partial charge on any atom is 0.233 e. The van der Waals surface area contributed by atoms with Crippen molar-refractivity contribution >= 4 is 15.7 Å². The molecule has 0 unspecified atom stereocenters. The molecule has 1 N–H and O–H groups in total. The van der Waals surface area contributed by atoms with E-state index in [1.165, 1.54) is 0 Å². The van der Waals surface area contributed by atoms with E-state index in [2.05, 4.69) is 9.71 Å². The highest BCUT2D eigenvalue weighted by molar-refractivity contribution is 7.92. The fourth-order valence-electron chi connectivity index (χ4n) is 2.61. The zero-order chi connectivity index (χ0) is 17.7. The van der Waals surface area contributed by atoms with Gasteiger partial charge in [0.2, 0.25) is 10.0 Å². The Hall–Kier alpha value is -2.66. The summed E-state index contributed by atoms with van der Waals surface area (Å²) in [6.45, 7) is 2.03. The minimum absolute atomic E-state index is 0.0560. The Labute approximate surface area is 148 Å². The third-order valence-electron chi connectivity index (χ3n) is 4.01. The van der Waals surface area contributed by atoms with Crippen LogP contribution < -0.4 is 4.72 Å². The molecule has 0 radical (unpaired) electrons. The lowest BCUT2D eigenvalue weighted by molar-refractivity contribution is 0.600. The van der Waals surface area contributed by atoms with Gasteiger partial charge in [-0.1, -0.05) is 42.5 Å². The first-order chi connectivity index (χ1) is 12.0. The molecule has 128 valence electrons. The number of aryl methyl sites for hydroxylation is 2. The lowest BCUT2D eigenvalue weighted by Crippen LogP contribution is -2.18. The van der Waals surface area contributed by atoms with E-state index in [9.17, 15) is 8.42 Å². The van der Waals surface area contributed by atoms with Crippen molar-refractivity contribution < 1.29 is 8.42 Å². The average molecular weight is 352 g/mol. The number of nitrogens with zero attached hydrogens (tertiary/aromatic N) is 1. The fourth-order valence-corrected chi connectivity index (χ4v) is 3.71. The SMILES string of the molecule is Cc1ccncc1-c1ccc(NS(=O)(=O)CCc2ccccc2)cc1. The second-order valence-corrected chi connectivity index (χ2v) is 7.77. The molecule has 0 spiro atoms. The van der Waals surface area contributed by atoms with Crippen molar-refractivity contribution in [1.82, 2.24) is 4.98 Å². The van der Waals surface area contributed by atoms with Crippen LogP contribution in [-0.4, -0.2) is 19.2 Å². The molecule has 5 heteroatoms. The van der Waals surface area contributed by atoms with E-state index in [4.69, 9.17) is 0 Å². The molecule has 0 saturated carbocycles. The zero-order valence-corrected chi connectivity index (χ0v) is 14.8. The molecule has 3 aromatic rings. The first-order valence-electron chi connectivity index (χ1n) is 8.09. The number of rotatable bonds is 6. The molecule has 2 aromatic carbocycles. The summed E-state index contributed by atoms with van der Waals surface area (Å²) >= 11 is 0. The van der Waals surface area contributed by atoms with Crippen LogP contribution in [0.3, 0.4) is 0 Å². The van der Waals surface area contributed by atoms with Crippen molar-refractivity contribution in [2.75, 3.05) is 10.5 Å². The van der Waals surface area contributed by atoms with Gasteiger partial charge in [0, 0.05) is 23.6 Å². The predicted molar refractivity (Wildman–Crippen MR) is 102 cm³/mol. The molecule has 0 aliphatic heterocycles. The number of sulfonamides is 1. The predicted octanol–water partition coefficient (Wildman–Crippen LogP) is 4.04. The molecule has 1 aromatic heterocycles. The summed E-state index contributed by atoms with van der Waals surface area (Å²) < 4.78 is 27.2. The van der Waals surface area contributed by atoms with Crippen molar-refractivity contribution in [3.05, 3.63) is 84.2 Å². The molecule has 4 nitrogen and oxygen atoms in total. The number of aromatic nitrogens is 1. The Morgan fingerprint density at radius 3 is 2.36 bits per heavy atom. The van der Waals surface area contributed by atoms with Crippen LogP contribution in [0.2, 0.25) is 0 Å². The molecule has 0 amide bonds. The van der Waals surface area contributed by atoms with Crippen molar-refractivity contribution in [2.45, 2.75) is 13.3 Å².